The lowest BCUT2D eigenvalue weighted by Gasteiger charge is -2.15. The maximum atomic E-state index is 10.3. The molecule has 0 aromatic rings. The first-order valence-corrected chi connectivity index (χ1v) is 3.18. The van der Waals surface area contributed by atoms with Crippen LogP contribution in [-0.2, 0) is 4.79 Å². The summed E-state index contributed by atoms with van der Waals surface area (Å²) in [6.07, 6.45) is 3.20. The number of aliphatic carboxylic acids is 1. The first kappa shape index (κ1) is 7.97. The molecule has 0 aliphatic heterocycles. The van der Waals surface area contributed by atoms with E-state index in [1.807, 2.05) is 0 Å². The predicted molar refractivity (Wildman–Crippen MR) is 38.8 cm³/mol. The Balaban J connectivity index is 2.80. The second-order valence-electron chi connectivity index (χ2n) is 2.35. The van der Waals surface area contributed by atoms with Crippen LogP contribution in [0.1, 0.15) is 0 Å². The Bertz CT molecular complexity index is 232. The van der Waals surface area contributed by atoms with Gasteiger partial charge in [-0.15, -0.1) is 0 Å². The maximum Gasteiger partial charge on any atom is 0.335 e. The molecule has 0 aromatic heterocycles. The standard InChI is InChI=1S/C7H9NO3/c8-5-2-1-4(7(10)11)3-6(5)9/h1-3,5-6,9H,8H2,(H,10,11)/t5-,6-/m1/s1. The summed E-state index contributed by atoms with van der Waals surface area (Å²) in [4.78, 5) is 10.3. The molecule has 1 aliphatic rings. The van der Waals surface area contributed by atoms with Crippen LogP contribution in [0, 0.1) is 0 Å². The number of hydrogen-bond acceptors (Lipinski definition) is 3. The number of carboxylic acids is 1. The molecule has 1 aliphatic carbocycles. The summed E-state index contributed by atoms with van der Waals surface area (Å²) in [5.41, 5.74) is 5.45. The molecular formula is C7H9NO3. The summed E-state index contributed by atoms with van der Waals surface area (Å²) in [5.74, 6) is -1.05. The van der Waals surface area contributed by atoms with Gasteiger partial charge in [-0.3, -0.25) is 0 Å². The summed E-state index contributed by atoms with van der Waals surface area (Å²) in [6.45, 7) is 0. The number of hydrogen-bond donors (Lipinski definition) is 3. The maximum absolute atomic E-state index is 10.3. The lowest BCUT2D eigenvalue weighted by Crippen LogP contribution is -2.33. The third-order valence-electron chi connectivity index (χ3n) is 1.49. The normalized spacial score (nSPS) is 29.8. The molecule has 0 radical (unpaired) electrons. The molecule has 0 unspecified atom stereocenters. The van der Waals surface area contributed by atoms with Gasteiger partial charge in [-0.25, -0.2) is 4.79 Å². The lowest BCUT2D eigenvalue weighted by molar-refractivity contribution is -0.132. The van der Waals surface area contributed by atoms with Crippen LogP contribution in [0.4, 0.5) is 0 Å². The first-order valence-electron chi connectivity index (χ1n) is 3.18. The van der Waals surface area contributed by atoms with Crippen LogP contribution >= 0.6 is 0 Å². The van der Waals surface area contributed by atoms with Gasteiger partial charge in [-0.05, 0) is 6.08 Å². The summed E-state index contributed by atoms with van der Waals surface area (Å²) in [6, 6.07) is -0.488. The topological polar surface area (TPSA) is 83.6 Å². The zero-order valence-corrected chi connectivity index (χ0v) is 5.77. The second-order valence-corrected chi connectivity index (χ2v) is 2.35. The Hall–Kier alpha value is -1.13. The predicted octanol–water partition coefficient (Wildman–Crippen LogP) is -0.745. The van der Waals surface area contributed by atoms with Crippen molar-refractivity contribution in [3.8, 4) is 0 Å². The Labute approximate surface area is 63.6 Å². The zero-order valence-electron chi connectivity index (χ0n) is 5.77. The minimum Gasteiger partial charge on any atom is -0.478 e. The van der Waals surface area contributed by atoms with Gasteiger partial charge >= 0.3 is 5.97 Å². The Morgan fingerprint density at radius 2 is 2.27 bits per heavy atom. The first-order chi connectivity index (χ1) is 5.11. The molecule has 0 saturated heterocycles. The smallest absolute Gasteiger partial charge is 0.335 e. The van der Waals surface area contributed by atoms with Gasteiger partial charge in [0.05, 0.1) is 17.7 Å². The largest absolute Gasteiger partial charge is 0.478 e. The molecule has 2 atom stereocenters. The molecule has 0 amide bonds. The van der Waals surface area contributed by atoms with Gasteiger partial charge in [-0.2, -0.15) is 0 Å². The molecule has 0 fully saturated rings. The quantitative estimate of drug-likeness (QED) is 0.465. The Morgan fingerprint density at radius 1 is 1.64 bits per heavy atom. The summed E-state index contributed by atoms with van der Waals surface area (Å²) in [5, 5.41) is 17.6. The van der Waals surface area contributed by atoms with Crippen LogP contribution in [0.2, 0.25) is 0 Å². The van der Waals surface area contributed by atoms with Crippen molar-refractivity contribution in [1.29, 1.82) is 0 Å². The van der Waals surface area contributed by atoms with Crippen LogP contribution in [0.5, 0.6) is 0 Å². The minimum atomic E-state index is -1.05. The molecule has 1 rings (SSSR count). The zero-order chi connectivity index (χ0) is 8.43. The van der Waals surface area contributed by atoms with Crippen LogP contribution < -0.4 is 5.73 Å². The van der Waals surface area contributed by atoms with Crippen molar-refractivity contribution >= 4 is 5.97 Å². The van der Waals surface area contributed by atoms with Gasteiger partial charge in [0, 0.05) is 0 Å². The number of carbonyl (C=O) groups is 1. The van der Waals surface area contributed by atoms with Gasteiger partial charge in [0.25, 0.3) is 0 Å². The molecule has 0 saturated carbocycles. The molecule has 0 spiro atoms. The summed E-state index contributed by atoms with van der Waals surface area (Å²) in [7, 11) is 0. The van der Waals surface area contributed by atoms with Crippen molar-refractivity contribution in [2.45, 2.75) is 12.1 Å². The Kier molecular flexibility index (Phi) is 2.07. The number of aliphatic hydroxyl groups is 1. The molecule has 4 heteroatoms. The fourth-order valence-corrected chi connectivity index (χ4v) is 0.822. The van der Waals surface area contributed by atoms with Gasteiger partial charge in [0.2, 0.25) is 0 Å². The number of rotatable bonds is 1. The van der Waals surface area contributed by atoms with Crippen LogP contribution in [0.25, 0.3) is 0 Å². The van der Waals surface area contributed by atoms with Gasteiger partial charge in [0.1, 0.15) is 0 Å². The van der Waals surface area contributed by atoms with Crippen molar-refractivity contribution in [2.24, 2.45) is 5.73 Å². The van der Waals surface area contributed by atoms with E-state index in [2.05, 4.69) is 0 Å². The van der Waals surface area contributed by atoms with E-state index in [4.69, 9.17) is 15.9 Å². The molecule has 0 aromatic carbocycles. The molecule has 0 bridgehead atoms. The van der Waals surface area contributed by atoms with Gasteiger partial charge in [0.15, 0.2) is 0 Å². The van der Waals surface area contributed by atoms with Crippen molar-refractivity contribution in [3.63, 3.8) is 0 Å². The average molecular weight is 155 g/mol. The SMILES string of the molecule is N[C@@H]1C=CC(C(=O)O)=C[C@H]1O. The average Bonchev–Trinajstić information content (AvgIpc) is 1.94. The number of carboxylic acid groups (broad SMARTS) is 1. The third-order valence-corrected chi connectivity index (χ3v) is 1.49. The van der Waals surface area contributed by atoms with Crippen LogP contribution in [0.3, 0.4) is 0 Å². The van der Waals surface area contributed by atoms with E-state index in [-0.39, 0.29) is 5.57 Å². The lowest BCUT2D eigenvalue weighted by atomic mass is 10.0. The van der Waals surface area contributed by atoms with Crippen LogP contribution in [0.15, 0.2) is 23.8 Å². The molecule has 4 N–H and O–H groups in total. The molecule has 11 heavy (non-hydrogen) atoms. The fourth-order valence-electron chi connectivity index (χ4n) is 0.822. The number of aliphatic hydroxyl groups excluding tert-OH is 1. The molecular weight excluding hydrogens is 146 g/mol. The van der Waals surface area contributed by atoms with E-state index in [1.54, 1.807) is 0 Å². The Morgan fingerprint density at radius 3 is 2.73 bits per heavy atom. The van der Waals surface area contributed by atoms with E-state index in [0.717, 1.165) is 0 Å². The van der Waals surface area contributed by atoms with Gasteiger partial charge < -0.3 is 15.9 Å². The summed E-state index contributed by atoms with van der Waals surface area (Å²) >= 11 is 0. The highest BCUT2D eigenvalue weighted by Gasteiger charge is 2.16. The fraction of sp³-hybridized carbons (Fsp3) is 0.286. The number of nitrogens with two attached hydrogens (primary N) is 1. The second kappa shape index (κ2) is 2.86. The van der Waals surface area contributed by atoms with E-state index >= 15 is 0 Å². The van der Waals surface area contributed by atoms with Gasteiger partial charge in [-0.1, -0.05) is 12.2 Å². The molecule has 0 heterocycles. The van der Waals surface area contributed by atoms with E-state index in [0.29, 0.717) is 0 Å². The van der Waals surface area contributed by atoms with Crippen molar-refractivity contribution in [3.05, 3.63) is 23.8 Å². The van der Waals surface area contributed by atoms with E-state index in [9.17, 15) is 4.79 Å². The summed E-state index contributed by atoms with van der Waals surface area (Å²) < 4.78 is 0. The van der Waals surface area contributed by atoms with E-state index < -0.39 is 18.1 Å². The third kappa shape index (κ3) is 1.66. The van der Waals surface area contributed by atoms with Crippen molar-refractivity contribution < 1.29 is 15.0 Å². The van der Waals surface area contributed by atoms with E-state index in [1.165, 1.54) is 18.2 Å². The minimum absolute atomic E-state index is 0.0826. The van der Waals surface area contributed by atoms with Crippen molar-refractivity contribution in [2.75, 3.05) is 0 Å². The van der Waals surface area contributed by atoms with Crippen LogP contribution in [-0.4, -0.2) is 28.3 Å². The molecule has 60 valence electrons. The monoisotopic (exact) mass is 155 g/mol. The highest BCUT2D eigenvalue weighted by atomic mass is 16.4. The highest BCUT2D eigenvalue weighted by Crippen LogP contribution is 2.09. The van der Waals surface area contributed by atoms with Crippen molar-refractivity contribution in [1.82, 2.24) is 0 Å². The molecule has 4 nitrogen and oxygen atoms in total. The highest BCUT2D eigenvalue weighted by molar-refractivity contribution is 5.90.